The van der Waals surface area contributed by atoms with Crippen molar-refractivity contribution in [3.8, 4) is 0 Å². The standard InChI is InChI=1S/C16H26N2O3/c1-12(2)8-4-7-11-18-14(20)16(9-5-3-6-10-16)13(19)17-15(18)21/h12H,3-11H2,1-2H3,(H,17,19,21). The Kier molecular flexibility index (Phi) is 5.01. The Morgan fingerprint density at radius 1 is 1.10 bits per heavy atom. The van der Waals surface area contributed by atoms with E-state index in [2.05, 4.69) is 19.2 Å². The molecule has 21 heavy (non-hydrogen) atoms. The summed E-state index contributed by atoms with van der Waals surface area (Å²) in [7, 11) is 0. The maximum atomic E-state index is 12.7. The van der Waals surface area contributed by atoms with Gasteiger partial charge in [-0.15, -0.1) is 0 Å². The molecule has 1 N–H and O–H groups in total. The number of amides is 4. The fourth-order valence-corrected chi connectivity index (χ4v) is 3.35. The van der Waals surface area contributed by atoms with Crippen molar-refractivity contribution in [3.63, 3.8) is 0 Å². The number of nitrogens with zero attached hydrogens (tertiary/aromatic N) is 1. The van der Waals surface area contributed by atoms with E-state index in [9.17, 15) is 14.4 Å². The van der Waals surface area contributed by atoms with Gasteiger partial charge in [0.1, 0.15) is 5.41 Å². The fourth-order valence-electron chi connectivity index (χ4n) is 3.35. The molecule has 5 heteroatoms. The van der Waals surface area contributed by atoms with Crippen LogP contribution in [0.2, 0.25) is 0 Å². The average Bonchev–Trinajstić information content (AvgIpc) is 2.45. The van der Waals surface area contributed by atoms with Crippen molar-refractivity contribution in [2.45, 2.75) is 65.2 Å². The zero-order chi connectivity index (χ0) is 15.5. The smallest absolute Gasteiger partial charge is 0.277 e. The van der Waals surface area contributed by atoms with Crippen molar-refractivity contribution in [3.05, 3.63) is 0 Å². The summed E-state index contributed by atoms with van der Waals surface area (Å²) < 4.78 is 0. The molecule has 0 aromatic carbocycles. The van der Waals surface area contributed by atoms with Crippen LogP contribution in [0.3, 0.4) is 0 Å². The van der Waals surface area contributed by atoms with Crippen LogP contribution < -0.4 is 5.32 Å². The molecule has 2 rings (SSSR count). The summed E-state index contributed by atoms with van der Waals surface area (Å²) in [4.78, 5) is 38.1. The van der Waals surface area contributed by atoms with Gasteiger partial charge in [-0.3, -0.25) is 19.8 Å². The van der Waals surface area contributed by atoms with E-state index in [-0.39, 0.29) is 11.8 Å². The first kappa shape index (κ1) is 16.0. The van der Waals surface area contributed by atoms with Gasteiger partial charge in [0.2, 0.25) is 11.8 Å². The summed E-state index contributed by atoms with van der Waals surface area (Å²) in [5, 5.41) is 2.40. The molecule has 0 aromatic heterocycles. The van der Waals surface area contributed by atoms with E-state index in [1.165, 1.54) is 4.90 Å². The fraction of sp³-hybridized carbons (Fsp3) is 0.812. The molecule has 1 aliphatic heterocycles. The van der Waals surface area contributed by atoms with Crippen LogP contribution in [-0.2, 0) is 9.59 Å². The highest BCUT2D eigenvalue weighted by Crippen LogP contribution is 2.40. The number of imide groups is 2. The second kappa shape index (κ2) is 6.58. The summed E-state index contributed by atoms with van der Waals surface area (Å²) in [6.45, 7) is 4.75. The molecule has 5 nitrogen and oxygen atoms in total. The first-order valence-corrected chi connectivity index (χ1v) is 8.15. The van der Waals surface area contributed by atoms with Crippen LogP contribution in [0, 0.1) is 11.3 Å². The molecule has 0 unspecified atom stereocenters. The van der Waals surface area contributed by atoms with Gasteiger partial charge in [-0.25, -0.2) is 4.79 Å². The zero-order valence-electron chi connectivity index (χ0n) is 13.1. The van der Waals surface area contributed by atoms with E-state index in [1.54, 1.807) is 0 Å². The van der Waals surface area contributed by atoms with Gasteiger partial charge in [0.15, 0.2) is 0 Å². The summed E-state index contributed by atoms with van der Waals surface area (Å²) >= 11 is 0. The number of hydrogen-bond acceptors (Lipinski definition) is 3. The molecule has 2 aliphatic rings. The van der Waals surface area contributed by atoms with E-state index in [4.69, 9.17) is 0 Å². The molecule has 0 aromatic rings. The van der Waals surface area contributed by atoms with Gasteiger partial charge >= 0.3 is 6.03 Å². The van der Waals surface area contributed by atoms with Gasteiger partial charge in [-0.2, -0.15) is 0 Å². The van der Waals surface area contributed by atoms with Gasteiger partial charge in [0, 0.05) is 6.54 Å². The van der Waals surface area contributed by atoms with Gasteiger partial charge in [0.05, 0.1) is 0 Å². The molecule has 1 saturated heterocycles. The second-order valence-corrected chi connectivity index (χ2v) is 6.75. The Morgan fingerprint density at radius 3 is 2.38 bits per heavy atom. The van der Waals surface area contributed by atoms with Crippen molar-refractivity contribution in [2.24, 2.45) is 11.3 Å². The molecule has 1 aliphatic carbocycles. The minimum Gasteiger partial charge on any atom is -0.277 e. The quantitative estimate of drug-likeness (QED) is 0.626. The van der Waals surface area contributed by atoms with Gasteiger partial charge in [0.25, 0.3) is 0 Å². The zero-order valence-corrected chi connectivity index (χ0v) is 13.1. The Balaban J connectivity index is 2.01. The highest BCUT2D eigenvalue weighted by molar-refractivity contribution is 6.19. The lowest BCUT2D eigenvalue weighted by Crippen LogP contribution is -2.64. The number of unbranched alkanes of at least 4 members (excludes halogenated alkanes) is 1. The minimum absolute atomic E-state index is 0.263. The van der Waals surface area contributed by atoms with Crippen LogP contribution >= 0.6 is 0 Å². The molecular formula is C16H26N2O3. The predicted molar refractivity (Wildman–Crippen MR) is 79.5 cm³/mol. The van der Waals surface area contributed by atoms with Gasteiger partial charge < -0.3 is 0 Å². The van der Waals surface area contributed by atoms with Crippen LogP contribution in [0.5, 0.6) is 0 Å². The van der Waals surface area contributed by atoms with Crippen LogP contribution in [-0.4, -0.2) is 29.3 Å². The molecule has 118 valence electrons. The first-order chi connectivity index (χ1) is 9.97. The van der Waals surface area contributed by atoms with Crippen molar-refractivity contribution < 1.29 is 14.4 Å². The monoisotopic (exact) mass is 294 g/mol. The number of carbonyl (C=O) groups excluding carboxylic acids is 3. The SMILES string of the molecule is CC(C)CCCCN1C(=O)NC(=O)C2(CCCCC2)C1=O. The van der Waals surface area contributed by atoms with Crippen molar-refractivity contribution in [1.82, 2.24) is 10.2 Å². The maximum absolute atomic E-state index is 12.7. The topological polar surface area (TPSA) is 66.5 Å². The number of urea groups is 1. The molecule has 0 radical (unpaired) electrons. The summed E-state index contributed by atoms with van der Waals surface area (Å²) in [5.41, 5.74) is -0.968. The number of barbiturate groups is 1. The van der Waals surface area contributed by atoms with E-state index in [1.807, 2.05) is 0 Å². The lowest BCUT2D eigenvalue weighted by atomic mass is 9.71. The number of nitrogens with one attached hydrogen (secondary N) is 1. The third-order valence-corrected chi connectivity index (χ3v) is 4.68. The summed E-state index contributed by atoms with van der Waals surface area (Å²) in [5.74, 6) is -0.0155. The van der Waals surface area contributed by atoms with Crippen molar-refractivity contribution in [1.29, 1.82) is 0 Å². The molecule has 4 amide bonds. The molecule has 1 heterocycles. The lowest BCUT2D eigenvalue weighted by molar-refractivity contribution is -0.153. The van der Waals surface area contributed by atoms with E-state index < -0.39 is 11.4 Å². The van der Waals surface area contributed by atoms with Crippen LogP contribution in [0.4, 0.5) is 4.79 Å². The summed E-state index contributed by atoms with van der Waals surface area (Å²) in [6.07, 6.45) is 6.87. The largest absolute Gasteiger partial charge is 0.330 e. The Morgan fingerprint density at radius 2 is 1.76 bits per heavy atom. The number of carbonyl (C=O) groups is 3. The van der Waals surface area contributed by atoms with Crippen molar-refractivity contribution >= 4 is 17.8 Å². The highest BCUT2D eigenvalue weighted by atomic mass is 16.2. The van der Waals surface area contributed by atoms with Gasteiger partial charge in [-0.05, 0) is 25.2 Å². The molecular weight excluding hydrogens is 268 g/mol. The molecule has 0 atom stereocenters. The lowest BCUT2D eigenvalue weighted by Gasteiger charge is -2.41. The second-order valence-electron chi connectivity index (χ2n) is 6.75. The van der Waals surface area contributed by atoms with Crippen LogP contribution in [0.15, 0.2) is 0 Å². The molecule has 0 bridgehead atoms. The minimum atomic E-state index is -0.968. The summed E-state index contributed by atoms with van der Waals surface area (Å²) in [6, 6.07) is -0.536. The predicted octanol–water partition coefficient (Wildman–Crippen LogP) is 2.84. The Hall–Kier alpha value is -1.39. The average molecular weight is 294 g/mol. The molecule has 2 fully saturated rings. The van der Waals surface area contributed by atoms with E-state index in [0.29, 0.717) is 25.3 Å². The van der Waals surface area contributed by atoms with E-state index >= 15 is 0 Å². The number of rotatable bonds is 5. The Labute approximate surface area is 126 Å². The maximum Gasteiger partial charge on any atom is 0.330 e. The van der Waals surface area contributed by atoms with E-state index in [0.717, 1.165) is 38.5 Å². The first-order valence-electron chi connectivity index (χ1n) is 8.15. The highest BCUT2D eigenvalue weighted by Gasteiger charge is 2.53. The third kappa shape index (κ3) is 3.27. The molecule has 1 saturated carbocycles. The Bertz CT molecular complexity index is 425. The van der Waals surface area contributed by atoms with Crippen LogP contribution in [0.1, 0.15) is 65.2 Å². The van der Waals surface area contributed by atoms with Gasteiger partial charge in [-0.1, -0.05) is 46.0 Å². The molecule has 1 spiro atoms. The normalized spacial score (nSPS) is 22.0. The number of hydrogen-bond donors (Lipinski definition) is 1. The third-order valence-electron chi connectivity index (χ3n) is 4.68. The van der Waals surface area contributed by atoms with Crippen LogP contribution in [0.25, 0.3) is 0 Å². The van der Waals surface area contributed by atoms with Crippen molar-refractivity contribution in [2.75, 3.05) is 6.54 Å².